The summed E-state index contributed by atoms with van der Waals surface area (Å²) in [4.78, 5) is 13.5. The molecule has 0 N–H and O–H groups in total. The van der Waals surface area contributed by atoms with Crippen LogP contribution in [0.3, 0.4) is 0 Å². The van der Waals surface area contributed by atoms with Gasteiger partial charge < -0.3 is 4.74 Å². The van der Waals surface area contributed by atoms with Gasteiger partial charge in [-0.15, -0.1) is 6.58 Å². The number of hydrogen-bond acceptors (Lipinski definition) is 4. The Morgan fingerprint density at radius 2 is 1.90 bits per heavy atom. The van der Waals surface area contributed by atoms with Crippen molar-refractivity contribution in [1.29, 1.82) is 0 Å². The summed E-state index contributed by atoms with van der Waals surface area (Å²) in [5.41, 5.74) is 2.03. The minimum atomic E-state index is -3.65. The van der Waals surface area contributed by atoms with E-state index in [-0.39, 0.29) is 29.7 Å². The summed E-state index contributed by atoms with van der Waals surface area (Å²) in [6, 6.07) is 12.5. The average Bonchev–Trinajstić information content (AvgIpc) is 2.76. The van der Waals surface area contributed by atoms with E-state index in [0.29, 0.717) is 6.42 Å². The lowest BCUT2D eigenvalue weighted by Gasteiger charge is -2.47. The van der Waals surface area contributed by atoms with Crippen molar-refractivity contribution in [2.75, 3.05) is 20.2 Å². The molecule has 0 bridgehead atoms. The molecule has 4 rings (SSSR count). The van der Waals surface area contributed by atoms with E-state index in [1.807, 2.05) is 25.1 Å². The van der Waals surface area contributed by atoms with E-state index in [1.54, 1.807) is 49.6 Å². The minimum absolute atomic E-state index is 0.00236. The van der Waals surface area contributed by atoms with Crippen LogP contribution < -0.4 is 4.74 Å². The third-order valence-corrected chi connectivity index (χ3v) is 8.20. The molecule has 30 heavy (non-hydrogen) atoms. The van der Waals surface area contributed by atoms with Gasteiger partial charge in [0.15, 0.2) is 5.78 Å². The first-order valence-corrected chi connectivity index (χ1v) is 11.4. The summed E-state index contributed by atoms with van der Waals surface area (Å²) in [6.45, 7) is 6.36. The Kier molecular flexibility index (Phi) is 5.16. The predicted octanol–water partition coefficient (Wildman–Crippen LogP) is 3.73. The van der Waals surface area contributed by atoms with Gasteiger partial charge in [-0.05, 0) is 54.8 Å². The Labute approximate surface area is 177 Å². The Balaban J connectivity index is 1.72. The molecule has 1 heterocycles. The normalized spacial score (nSPS) is 23.9. The minimum Gasteiger partial charge on any atom is -0.497 e. The van der Waals surface area contributed by atoms with Crippen LogP contribution in [-0.2, 0) is 20.2 Å². The van der Waals surface area contributed by atoms with Crippen molar-refractivity contribution in [3.05, 3.63) is 77.9 Å². The first-order chi connectivity index (χ1) is 14.3. The van der Waals surface area contributed by atoms with E-state index in [0.717, 1.165) is 22.4 Å². The van der Waals surface area contributed by atoms with E-state index < -0.39 is 15.4 Å². The van der Waals surface area contributed by atoms with E-state index >= 15 is 0 Å². The summed E-state index contributed by atoms with van der Waals surface area (Å²) < 4.78 is 33.2. The van der Waals surface area contributed by atoms with Gasteiger partial charge in [0.05, 0.1) is 17.4 Å². The quantitative estimate of drug-likeness (QED) is 0.703. The molecule has 156 valence electrons. The molecule has 2 aromatic carbocycles. The van der Waals surface area contributed by atoms with Gasteiger partial charge in [-0.25, -0.2) is 8.42 Å². The van der Waals surface area contributed by atoms with Crippen molar-refractivity contribution in [1.82, 2.24) is 4.31 Å². The number of carbonyl (C=O) groups is 1. The molecule has 1 fully saturated rings. The van der Waals surface area contributed by atoms with Crippen LogP contribution in [0.5, 0.6) is 5.75 Å². The zero-order chi connectivity index (χ0) is 21.5. The van der Waals surface area contributed by atoms with Crippen molar-refractivity contribution >= 4 is 21.9 Å². The number of rotatable bonds is 4. The molecule has 5 nitrogen and oxygen atoms in total. The highest BCUT2D eigenvalue weighted by atomic mass is 32.2. The highest BCUT2D eigenvalue weighted by molar-refractivity contribution is 7.89. The highest BCUT2D eigenvalue weighted by Gasteiger charge is 2.51. The Bertz CT molecular complexity index is 1130. The molecule has 1 aliphatic heterocycles. The number of ketones is 1. The summed E-state index contributed by atoms with van der Waals surface area (Å²) in [5.74, 6) is 0.381. The number of carbonyl (C=O) groups excluding carboxylic acids is 1. The van der Waals surface area contributed by atoms with Crippen molar-refractivity contribution in [3.63, 3.8) is 0 Å². The summed E-state index contributed by atoms with van der Waals surface area (Å²) in [7, 11) is -2.04. The fraction of sp³-hybridized carbons (Fsp3) is 0.292. The number of aryl methyl sites for hydroxylation is 1. The maximum absolute atomic E-state index is 13.2. The summed E-state index contributed by atoms with van der Waals surface area (Å²) >= 11 is 0. The number of fused-ring (bicyclic) bond motifs is 2. The number of hydrogen-bond donors (Lipinski definition) is 0. The molecule has 0 aromatic heterocycles. The molecular weight excluding hydrogens is 398 g/mol. The number of nitrogens with zero attached hydrogens (tertiary/aromatic N) is 1. The Hall–Kier alpha value is -2.70. The fourth-order valence-corrected chi connectivity index (χ4v) is 6.07. The van der Waals surface area contributed by atoms with Crippen LogP contribution in [0.25, 0.3) is 6.08 Å². The van der Waals surface area contributed by atoms with Crippen molar-refractivity contribution in [3.8, 4) is 5.75 Å². The second-order valence-corrected chi connectivity index (χ2v) is 9.83. The lowest BCUT2D eigenvalue weighted by molar-refractivity contribution is -0.122. The van der Waals surface area contributed by atoms with Crippen LogP contribution in [0.4, 0.5) is 0 Å². The van der Waals surface area contributed by atoms with Gasteiger partial charge in [-0.2, -0.15) is 4.31 Å². The second kappa shape index (κ2) is 7.52. The molecule has 2 aliphatic rings. The SMILES string of the molecule is C=CC1CN(S(=O)(=O)c2ccc(C)cc2)CCC12C(=O)C=Cc1cc(OC)ccc12. The molecular formula is C24H25NO4S. The van der Waals surface area contributed by atoms with Crippen LogP contribution in [0.2, 0.25) is 0 Å². The zero-order valence-electron chi connectivity index (χ0n) is 17.2. The van der Waals surface area contributed by atoms with Crippen molar-refractivity contribution < 1.29 is 17.9 Å². The molecule has 1 spiro atoms. The number of benzene rings is 2. The van der Waals surface area contributed by atoms with Crippen LogP contribution in [-0.4, -0.2) is 38.7 Å². The van der Waals surface area contributed by atoms with Gasteiger partial charge in [0, 0.05) is 19.0 Å². The molecule has 1 saturated heterocycles. The molecule has 0 amide bonds. The first-order valence-electron chi connectivity index (χ1n) is 9.93. The monoisotopic (exact) mass is 423 g/mol. The number of sulfonamides is 1. The number of ether oxygens (including phenoxy) is 1. The van der Waals surface area contributed by atoms with Gasteiger partial charge in [0.1, 0.15) is 5.75 Å². The lowest BCUT2D eigenvalue weighted by atomic mass is 9.61. The lowest BCUT2D eigenvalue weighted by Crippen LogP contribution is -2.55. The number of piperidine rings is 1. The molecule has 2 unspecified atom stereocenters. The molecule has 6 heteroatoms. The molecule has 2 aromatic rings. The Morgan fingerprint density at radius 3 is 2.57 bits per heavy atom. The van der Waals surface area contributed by atoms with Gasteiger partial charge in [0.25, 0.3) is 0 Å². The van der Waals surface area contributed by atoms with E-state index in [9.17, 15) is 13.2 Å². The van der Waals surface area contributed by atoms with Crippen LogP contribution in [0.15, 0.2) is 66.1 Å². The fourth-order valence-electron chi connectivity index (χ4n) is 4.61. The molecule has 0 radical (unpaired) electrons. The van der Waals surface area contributed by atoms with E-state index in [1.165, 1.54) is 4.31 Å². The molecule has 0 saturated carbocycles. The maximum Gasteiger partial charge on any atom is 0.243 e. The topological polar surface area (TPSA) is 63.7 Å². The molecule has 1 aliphatic carbocycles. The third-order valence-electron chi connectivity index (χ3n) is 6.33. The van der Waals surface area contributed by atoms with Crippen LogP contribution in [0, 0.1) is 12.8 Å². The first kappa shape index (κ1) is 20.6. The highest BCUT2D eigenvalue weighted by Crippen LogP contribution is 2.47. The number of allylic oxidation sites excluding steroid dienone is 1. The van der Waals surface area contributed by atoms with E-state index in [4.69, 9.17) is 4.74 Å². The maximum atomic E-state index is 13.2. The summed E-state index contributed by atoms with van der Waals surface area (Å²) in [6.07, 6.45) is 5.53. The van der Waals surface area contributed by atoms with Gasteiger partial charge in [0.2, 0.25) is 10.0 Å². The predicted molar refractivity (Wildman–Crippen MR) is 117 cm³/mol. The number of methoxy groups -OCH3 is 1. The van der Waals surface area contributed by atoms with Gasteiger partial charge in [-0.1, -0.05) is 35.9 Å². The smallest absolute Gasteiger partial charge is 0.243 e. The van der Waals surface area contributed by atoms with Gasteiger partial charge in [-0.3, -0.25) is 4.79 Å². The average molecular weight is 424 g/mol. The second-order valence-electron chi connectivity index (χ2n) is 7.89. The van der Waals surface area contributed by atoms with Crippen molar-refractivity contribution in [2.24, 2.45) is 5.92 Å². The van der Waals surface area contributed by atoms with Crippen molar-refractivity contribution in [2.45, 2.75) is 23.7 Å². The van der Waals surface area contributed by atoms with Crippen LogP contribution >= 0.6 is 0 Å². The standard InChI is InChI=1S/C24H25NO4S/c1-4-19-16-25(30(27,28)21-9-5-17(2)6-10-21)14-13-24(19)22-11-8-20(29-3)15-18(22)7-12-23(24)26/h4-12,15,19H,1,13-14,16H2,2-3H3. The van der Waals surface area contributed by atoms with Crippen LogP contribution in [0.1, 0.15) is 23.1 Å². The third kappa shape index (κ3) is 3.11. The summed E-state index contributed by atoms with van der Waals surface area (Å²) in [5, 5.41) is 0. The largest absolute Gasteiger partial charge is 0.497 e. The van der Waals surface area contributed by atoms with Gasteiger partial charge >= 0.3 is 0 Å². The zero-order valence-corrected chi connectivity index (χ0v) is 18.0. The molecule has 2 atom stereocenters. The van der Waals surface area contributed by atoms with E-state index in [2.05, 4.69) is 6.58 Å². The Morgan fingerprint density at radius 1 is 1.17 bits per heavy atom.